The minimum absolute atomic E-state index is 0.140. The van der Waals surface area contributed by atoms with E-state index in [0.29, 0.717) is 48.8 Å². The second-order valence-corrected chi connectivity index (χ2v) is 13.0. The lowest BCUT2D eigenvalue weighted by molar-refractivity contribution is -0.156. The van der Waals surface area contributed by atoms with Crippen LogP contribution in [0.2, 0.25) is 0 Å². The van der Waals surface area contributed by atoms with Crippen molar-refractivity contribution in [2.24, 2.45) is 0 Å². The van der Waals surface area contributed by atoms with Crippen LogP contribution in [-0.4, -0.2) is 71.5 Å². The van der Waals surface area contributed by atoms with E-state index in [-0.39, 0.29) is 42.9 Å². The van der Waals surface area contributed by atoms with Gasteiger partial charge in [-0.1, -0.05) is 6.07 Å². The molecule has 3 heterocycles. The van der Waals surface area contributed by atoms with Crippen LogP contribution in [0.25, 0.3) is 23.0 Å². The van der Waals surface area contributed by atoms with Gasteiger partial charge in [-0.15, -0.1) is 20.4 Å². The number of carbonyl (C=O) groups excluding carboxylic acids is 3. The van der Waals surface area contributed by atoms with Gasteiger partial charge in [0, 0.05) is 37.6 Å². The van der Waals surface area contributed by atoms with Crippen LogP contribution in [0.3, 0.4) is 0 Å². The number of hydrogen-bond acceptors (Lipinski definition) is 11. The molecule has 0 fully saturated rings. The number of amides is 2. The van der Waals surface area contributed by atoms with Gasteiger partial charge in [-0.3, -0.25) is 24.4 Å². The van der Waals surface area contributed by atoms with Crippen molar-refractivity contribution in [3.63, 3.8) is 0 Å². The zero-order valence-electron chi connectivity index (χ0n) is 27.2. The minimum atomic E-state index is -0.513. The van der Waals surface area contributed by atoms with E-state index in [1.54, 1.807) is 30.5 Å². The van der Waals surface area contributed by atoms with Crippen LogP contribution in [0.15, 0.2) is 42.7 Å². The van der Waals surface area contributed by atoms with E-state index in [9.17, 15) is 14.4 Å². The number of rotatable bonds is 15. The molecule has 0 aliphatic carbocycles. The Hall–Kier alpha value is -4.39. The van der Waals surface area contributed by atoms with E-state index in [2.05, 4.69) is 41.0 Å². The fourth-order valence-corrected chi connectivity index (χ4v) is 4.12. The van der Waals surface area contributed by atoms with E-state index in [1.807, 2.05) is 54.5 Å². The number of ether oxygens (including phenoxy) is 2. The Kier molecular flexibility index (Phi) is 12.1. The standard InChI is InChI=1S/C32H44N8O5/c1-30(2,3)45-27(43)16-17-32(6,7)44-20-18-31(4,5)36-26(42)13-10-12-25(41)35-22-14-15-24(34-21-22)29-39-37-28(38-40-29)23-11-8-9-19-33-23/h8-9,11,14-15,19,21H,10,12-13,16-18,20H2,1-7H3,(H,35,41)(H,36,42). The first-order valence-electron chi connectivity index (χ1n) is 15.0. The third-order valence-corrected chi connectivity index (χ3v) is 6.51. The van der Waals surface area contributed by atoms with Crippen LogP contribution < -0.4 is 10.6 Å². The van der Waals surface area contributed by atoms with Crippen molar-refractivity contribution in [3.05, 3.63) is 42.7 Å². The number of anilines is 1. The van der Waals surface area contributed by atoms with E-state index >= 15 is 0 Å². The Balaban J connectivity index is 1.34. The van der Waals surface area contributed by atoms with Crippen LogP contribution >= 0.6 is 0 Å². The molecule has 13 nitrogen and oxygen atoms in total. The first kappa shape index (κ1) is 35.1. The molecule has 242 valence electrons. The highest BCUT2D eigenvalue weighted by Crippen LogP contribution is 2.21. The van der Waals surface area contributed by atoms with Crippen LogP contribution in [0.5, 0.6) is 0 Å². The van der Waals surface area contributed by atoms with Gasteiger partial charge in [0.25, 0.3) is 0 Å². The normalized spacial score (nSPS) is 12.0. The molecule has 45 heavy (non-hydrogen) atoms. The largest absolute Gasteiger partial charge is 0.460 e. The van der Waals surface area contributed by atoms with Crippen molar-refractivity contribution < 1.29 is 23.9 Å². The Morgan fingerprint density at radius 3 is 1.98 bits per heavy atom. The summed E-state index contributed by atoms with van der Waals surface area (Å²) in [5.41, 5.74) is 0.0102. The molecular formula is C32H44N8O5. The molecule has 0 bridgehead atoms. The zero-order chi connectivity index (χ0) is 33.1. The van der Waals surface area contributed by atoms with Gasteiger partial charge in [0.1, 0.15) is 17.0 Å². The van der Waals surface area contributed by atoms with Crippen molar-refractivity contribution >= 4 is 23.5 Å². The Morgan fingerprint density at radius 1 is 0.756 bits per heavy atom. The third kappa shape index (κ3) is 13.0. The topological polar surface area (TPSA) is 171 Å². The lowest BCUT2D eigenvalue weighted by Crippen LogP contribution is -2.44. The van der Waals surface area contributed by atoms with Crippen LogP contribution in [0.4, 0.5) is 5.69 Å². The average Bonchev–Trinajstić information content (AvgIpc) is 2.96. The quantitative estimate of drug-likeness (QED) is 0.226. The van der Waals surface area contributed by atoms with Crippen molar-refractivity contribution in [2.45, 2.75) is 104 Å². The summed E-state index contributed by atoms with van der Waals surface area (Å²) < 4.78 is 11.4. The first-order chi connectivity index (χ1) is 21.1. The Morgan fingerprint density at radius 2 is 1.40 bits per heavy atom. The molecule has 2 amide bonds. The Bertz CT molecular complexity index is 1410. The van der Waals surface area contributed by atoms with E-state index in [0.717, 1.165) is 0 Å². The maximum atomic E-state index is 12.6. The summed E-state index contributed by atoms with van der Waals surface area (Å²) in [6, 6.07) is 8.73. The molecule has 0 saturated heterocycles. The molecular weight excluding hydrogens is 576 g/mol. The second-order valence-electron chi connectivity index (χ2n) is 13.0. The van der Waals surface area contributed by atoms with Gasteiger partial charge in [-0.2, -0.15) is 0 Å². The van der Waals surface area contributed by atoms with Crippen molar-refractivity contribution in [1.29, 1.82) is 0 Å². The second kappa shape index (κ2) is 15.6. The summed E-state index contributed by atoms with van der Waals surface area (Å²) in [6.07, 6.45) is 5.30. The van der Waals surface area contributed by atoms with E-state index in [1.165, 1.54) is 6.20 Å². The van der Waals surface area contributed by atoms with Gasteiger partial charge in [-0.05, 0) is 92.0 Å². The highest BCUT2D eigenvalue weighted by atomic mass is 16.6. The molecule has 0 aromatic carbocycles. The van der Waals surface area contributed by atoms with Crippen LogP contribution in [-0.2, 0) is 23.9 Å². The van der Waals surface area contributed by atoms with Crippen LogP contribution in [0.1, 0.15) is 87.0 Å². The molecule has 0 spiro atoms. The third-order valence-electron chi connectivity index (χ3n) is 6.51. The molecule has 3 rings (SSSR count). The number of hydrogen-bond donors (Lipinski definition) is 2. The number of aromatic nitrogens is 6. The summed E-state index contributed by atoms with van der Waals surface area (Å²) >= 11 is 0. The molecule has 0 aliphatic rings. The molecule has 0 radical (unpaired) electrons. The van der Waals surface area contributed by atoms with Crippen LogP contribution in [0, 0.1) is 0 Å². The van der Waals surface area contributed by atoms with E-state index in [4.69, 9.17) is 9.47 Å². The smallest absolute Gasteiger partial charge is 0.306 e. The SMILES string of the molecule is CC(C)(CCOC(C)(C)CCC(=O)OC(C)(C)C)NC(=O)CCCC(=O)Nc1ccc(-c2nnc(-c3ccccn3)nn2)nc1. The van der Waals surface area contributed by atoms with Crippen molar-refractivity contribution in [3.8, 4) is 23.0 Å². The van der Waals surface area contributed by atoms with Gasteiger partial charge < -0.3 is 20.1 Å². The summed E-state index contributed by atoms with van der Waals surface area (Å²) in [7, 11) is 0. The van der Waals surface area contributed by atoms with Gasteiger partial charge in [0.2, 0.25) is 23.5 Å². The lowest BCUT2D eigenvalue weighted by atomic mass is 9.99. The van der Waals surface area contributed by atoms with E-state index < -0.39 is 16.7 Å². The Labute approximate surface area is 264 Å². The summed E-state index contributed by atoms with van der Waals surface area (Å²) in [5, 5.41) is 22.1. The number of pyridine rings is 2. The fourth-order valence-electron chi connectivity index (χ4n) is 4.12. The lowest BCUT2D eigenvalue weighted by Gasteiger charge is -2.30. The summed E-state index contributed by atoms with van der Waals surface area (Å²) in [4.78, 5) is 45.5. The molecule has 0 saturated carbocycles. The molecule has 0 unspecified atom stereocenters. The molecule has 0 aliphatic heterocycles. The minimum Gasteiger partial charge on any atom is -0.460 e. The van der Waals surface area contributed by atoms with Gasteiger partial charge in [0.05, 0.1) is 17.5 Å². The predicted octanol–water partition coefficient (Wildman–Crippen LogP) is 4.70. The zero-order valence-corrected chi connectivity index (χ0v) is 27.2. The van der Waals surface area contributed by atoms with Gasteiger partial charge >= 0.3 is 5.97 Å². The predicted molar refractivity (Wildman–Crippen MR) is 169 cm³/mol. The fraction of sp³-hybridized carbons (Fsp3) is 0.531. The number of nitrogens with zero attached hydrogens (tertiary/aromatic N) is 6. The molecule has 3 aromatic rings. The molecule has 13 heteroatoms. The maximum absolute atomic E-state index is 12.6. The average molecular weight is 621 g/mol. The highest BCUT2D eigenvalue weighted by molar-refractivity contribution is 5.91. The number of esters is 1. The van der Waals surface area contributed by atoms with Crippen molar-refractivity contribution in [1.82, 2.24) is 35.7 Å². The maximum Gasteiger partial charge on any atom is 0.306 e. The first-order valence-corrected chi connectivity index (χ1v) is 15.0. The van der Waals surface area contributed by atoms with Crippen molar-refractivity contribution in [2.75, 3.05) is 11.9 Å². The highest BCUT2D eigenvalue weighted by Gasteiger charge is 2.25. The van der Waals surface area contributed by atoms with Gasteiger partial charge in [-0.25, -0.2) is 0 Å². The monoisotopic (exact) mass is 620 g/mol. The molecule has 2 N–H and O–H groups in total. The number of carbonyl (C=O) groups is 3. The summed E-state index contributed by atoms with van der Waals surface area (Å²) in [6.45, 7) is 13.7. The number of nitrogens with one attached hydrogen (secondary N) is 2. The van der Waals surface area contributed by atoms with Gasteiger partial charge in [0.15, 0.2) is 0 Å². The molecule has 3 aromatic heterocycles. The summed E-state index contributed by atoms with van der Waals surface area (Å²) in [5.74, 6) is -0.0607. The molecule has 0 atom stereocenters.